The molecule has 4 nitrogen and oxygen atoms in total. The number of aromatic nitrogens is 4. The molecule has 0 atom stereocenters. The molecular weight excluding hydrogens is 629 g/mol. The van der Waals surface area contributed by atoms with Crippen molar-refractivity contribution >= 4 is 53.3 Å². The van der Waals surface area contributed by atoms with Gasteiger partial charge in [-0.15, -0.1) is 11.3 Å². The molecule has 3 heterocycles. The van der Waals surface area contributed by atoms with Crippen LogP contribution in [0.2, 0.25) is 0 Å². The van der Waals surface area contributed by atoms with Crippen molar-refractivity contribution < 1.29 is 21.9 Å². The Morgan fingerprint density at radius 2 is 1.06 bits per heavy atom. The summed E-state index contributed by atoms with van der Waals surface area (Å²) in [5.74, 6) is 0.136. The smallest absolute Gasteiger partial charge is 0.164 e. The van der Waals surface area contributed by atoms with Crippen molar-refractivity contribution in [1.29, 1.82) is 0 Å². The number of fused-ring (bicyclic) bond motifs is 6. The van der Waals surface area contributed by atoms with E-state index in [2.05, 4.69) is 4.98 Å². The van der Waals surface area contributed by atoms with Gasteiger partial charge in [0.2, 0.25) is 0 Å². The number of benzene rings is 7. The van der Waals surface area contributed by atoms with Crippen LogP contribution in [0.15, 0.2) is 169 Å². The van der Waals surface area contributed by atoms with Crippen molar-refractivity contribution in [2.24, 2.45) is 0 Å². The molecule has 234 valence electrons. The minimum atomic E-state index is -0.876. The van der Waals surface area contributed by atoms with Crippen LogP contribution in [0.5, 0.6) is 0 Å². The molecule has 0 unspecified atom stereocenters. The first-order valence-corrected chi connectivity index (χ1v) is 16.2. The fraction of sp³-hybridized carbons (Fsp3) is 0. The van der Waals surface area contributed by atoms with E-state index >= 15 is 0 Å². The molecular formula is C45H28N4S. The van der Waals surface area contributed by atoms with Crippen LogP contribution in [0.3, 0.4) is 0 Å². The van der Waals surface area contributed by atoms with E-state index in [1.165, 1.54) is 0 Å². The quantitative estimate of drug-likeness (QED) is 0.183. The van der Waals surface area contributed by atoms with Gasteiger partial charge in [0.25, 0.3) is 0 Å². The Bertz CT molecular complexity index is 3690. The molecule has 0 bridgehead atoms. The molecule has 0 fully saturated rings. The summed E-state index contributed by atoms with van der Waals surface area (Å²) in [7, 11) is 0. The van der Waals surface area contributed by atoms with Gasteiger partial charge in [0.15, 0.2) is 17.5 Å². The fourth-order valence-electron chi connectivity index (χ4n) is 5.96. The van der Waals surface area contributed by atoms with E-state index in [4.69, 9.17) is 25.0 Å². The lowest BCUT2D eigenvalue weighted by molar-refractivity contribution is 1.07. The molecule has 0 radical (unpaired) electrons. The monoisotopic (exact) mass is 672 g/mol. The first kappa shape index (κ1) is 16.8. The highest BCUT2D eigenvalue weighted by atomic mass is 32.1. The predicted octanol–water partition coefficient (Wildman–Crippen LogP) is 12.0. The Morgan fingerprint density at radius 1 is 0.440 bits per heavy atom. The number of rotatable bonds is 5. The fourth-order valence-corrected chi connectivity index (χ4v) is 7.11. The number of hydrogen-bond acceptors (Lipinski definition) is 4. The second kappa shape index (κ2) is 11.6. The molecule has 0 saturated heterocycles. The number of thiophene rings is 1. The van der Waals surface area contributed by atoms with E-state index in [1.807, 2.05) is 48.5 Å². The molecule has 0 N–H and O–H groups in total. The van der Waals surface area contributed by atoms with Gasteiger partial charge in [-0.3, -0.25) is 0 Å². The molecule has 0 spiro atoms. The van der Waals surface area contributed by atoms with Crippen LogP contribution in [-0.2, 0) is 0 Å². The summed E-state index contributed by atoms with van der Waals surface area (Å²) in [6.07, 6.45) is 0. The molecule has 50 heavy (non-hydrogen) atoms. The summed E-state index contributed by atoms with van der Waals surface area (Å²) in [6.45, 7) is 0. The van der Waals surface area contributed by atoms with Gasteiger partial charge in [-0.1, -0.05) is 133 Å². The van der Waals surface area contributed by atoms with Gasteiger partial charge >= 0.3 is 0 Å². The molecule has 0 aliphatic rings. The Hall–Kier alpha value is -6.43. The maximum absolute atomic E-state index is 9.57. The third-order valence-electron chi connectivity index (χ3n) is 8.27. The first-order valence-electron chi connectivity index (χ1n) is 23.4. The van der Waals surface area contributed by atoms with E-state index in [-0.39, 0.29) is 33.8 Å². The summed E-state index contributed by atoms with van der Waals surface area (Å²) in [6, 6.07) is 10.5. The van der Waals surface area contributed by atoms with E-state index in [0.29, 0.717) is 11.1 Å². The third-order valence-corrected chi connectivity index (χ3v) is 9.40. The van der Waals surface area contributed by atoms with Crippen LogP contribution in [0, 0.1) is 0 Å². The van der Waals surface area contributed by atoms with Crippen LogP contribution in [0.4, 0.5) is 0 Å². The standard InChI is InChI=1S/C45H28N4S/c1-2-11-30(12-3-1)43-46-44(48-45(47-43)33-25-26-38-37-17-6-9-20-41(37)50-42(38)28-33)31-23-21-29(22-24-31)32-13-10-14-34(27-32)49-39-18-7-4-15-35(39)36-16-5-8-19-40(36)49/h1-28H/i4D,5D,7D,8D,10D,13D,14D,15D,16D,18D,19D,21D,22D,23D,24D,27D. The van der Waals surface area contributed by atoms with E-state index < -0.39 is 125 Å². The van der Waals surface area contributed by atoms with Crippen LogP contribution >= 0.6 is 11.3 Å². The van der Waals surface area contributed by atoms with E-state index in [9.17, 15) is 6.85 Å². The average molecular weight is 673 g/mol. The first-order chi connectivity index (χ1) is 31.4. The number of nitrogens with zero attached hydrogens (tertiary/aromatic N) is 4. The number of para-hydroxylation sites is 2. The van der Waals surface area contributed by atoms with Crippen molar-refractivity contribution in [3.8, 4) is 51.0 Å². The van der Waals surface area contributed by atoms with E-state index in [1.54, 1.807) is 35.6 Å². The summed E-state index contributed by atoms with van der Waals surface area (Å²) < 4.78 is 146. The van der Waals surface area contributed by atoms with Crippen LogP contribution in [0.1, 0.15) is 21.9 Å². The lowest BCUT2D eigenvalue weighted by atomic mass is 10.0. The van der Waals surface area contributed by atoms with Crippen molar-refractivity contribution in [2.45, 2.75) is 0 Å². The van der Waals surface area contributed by atoms with Gasteiger partial charge in [-0.05, 0) is 47.4 Å². The third kappa shape index (κ3) is 4.79. The van der Waals surface area contributed by atoms with Gasteiger partial charge < -0.3 is 4.57 Å². The Morgan fingerprint density at radius 3 is 1.82 bits per heavy atom. The van der Waals surface area contributed by atoms with Crippen LogP contribution in [-0.4, -0.2) is 19.5 Å². The van der Waals surface area contributed by atoms with Crippen LogP contribution < -0.4 is 0 Å². The van der Waals surface area contributed by atoms with Crippen molar-refractivity contribution in [3.63, 3.8) is 0 Å². The lowest BCUT2D eigenvalue weighted by Gasteiger charge is -2.11. The molecule has 0 amide bonds. The highest BCUT2D eigenvalue weighted by Crippen LogP contribution is 2.37. The molecule has 10 aromatic rings. The van der Waals surface area contributed by atoms with Gasteiger partial charge in [0, 0.05) is 53.3 Å². The van der Waals surface area contributed by atoms with Crippen molar-refractivity contribution in [2.75, 3.05) is 0 Å². The molecule has 3 aromatic heterocycles. The minimum absolute atomic E-state index is 0.173. The SMILES string of the molecule is [2H]c1c([2H])c(-c2c([2H])c([2H])c(-c3nc(-c4ccccc4)nc(-c4ccc5c(c4)sc4ccccc45)n3)c([2H])c2[2H])c([2H])c(-n2c3c([2H])c([2H])c([2H])c([2H])c3c3c([2H])c([2H])c([2H])c([2H])c32)c1[2H]. The second-order valence-electron chi connectivity index (χ2n) is 11.2. The van der Waals surface area contributed by atoms with Gasteiger partial charge in [0.1, 0.15) is 0 Å². The summed E-state index contributed by atoms with van der Waals surface area (Å²) >= 11 is 1.58. The molecule has 0 aliphatic carbocycles. The zero-order valence-corrected chi connectivity index (χ0v) is 26.4. The normalized spacial score (nSPS) is 16.1. The van der Waals surface area contributed by atoms with Gasteiger partial charge in [-0.25, -0.2) is 15.0 Å². The molecule has 10 rings (SSSR count). The summed E-state index contributed by atoms with van der Waals surface area (Å²) in [4.78, 5) is 14.1. The molecule has 0 saturated carbocycles. The van der Waals surface area contributed by atoms with Crippen molar-refractivity contribution in [1.82, 2.24) is 19.5 Å². The van der Waals surface area contributed by atoms with Crippen molar-refractivity contribution in [3.05, 3.63) is 169 Å². The summed E-state index contributed by atoms with van der Waals surface area (Å²) in [5.41, 5.74) is -2.00. The number of hydrogen-bond donors (Lipinski definition) is 0. The Balaban J connectivity index is 1.24. The zero-order valence-electron chi connectivity index (χ0n) is 41.6. The lowest BCUT2D eigenvalue weighted by Crippen LogP contribution is -2.00. The Labute approximate surface area is 315 Å². The average Bonchev–Trinajstić information content (AvgIpc) is 3.88. The zero-order chi connectivity index (χ0) is 46.9. The summed E-state index contributed by atoms with van der Waals surface area (Å²) in [5, 5.41) is 1.40. The van der Waals surface area contributed by atoms with E-state index in [0.717, 1.165) is 24.7 Å². The van der Waals surface area contributed by atoms with Gasteiger partial charge in [-0.2, -0.15) is 0 Å². The molecule has 0 aliphatic heterocycles. The maximum atomic E-state index is 9.57. The second-order valence-corrected chi connectivity index (χ2v) is 12.3. The van der Waals surface area contributed by atoms with Gasteiger partial charge in [0.05, 0.1) is 33.0 Å². The highest BCUT2D eigenvalue weighted by Gasteiger charge is 2.15. The van der Waals surface area contributed by atoms with Crippen LogP contribution in [0.25, 0.3) is 93.0 Å². The Kier molecular flexibility index (Phi) is 3.90. The predicted molar refractivity (Wildman–Crippen MR) is 209 cm³/mol. The maximum Gasteiger partial charge on any atom is 0.164 e. The minimum Gasteiger partial charge on any atom is -0.309 e. The topological polar surface area (TPSA) is 43.6 Å². The largest absolute Gasteiger partial charge is 0.309 e. The molecule has 7 aromatic carbocycles. The highest BCUT2D eigenvalue weighted by molar-refractivity contribution is 7.25. The molecule has 5 heteroatoms.